The number of amides is 1. The van der Waals surface area contributed by atoms with Gasteiger partial charge in [-0.25, -0.2) is 9.78 Å². The van der Waals surface area contributed by atoms with Gasteiger partial charge in [0, 0.05) is 44.4 Å². The van der Waals surface area contributed by atoms with Crippen LogP contribution in [0.5, 0.6) is 0 Å². The second kappa shape index (κ2) is 6.58. The highest BCUT2D eigenvalue weighted by Gasteiger charge is 2.20. The van der Waals surface area contributed by atoms with Gasteiger partial charge < -0.3 is 14.3 Å². The van der Waals surface area contributed by atoms with Crippen molar-refractivity contribution in [3.05, 3.63) is 53.0 Å². The van der Waals surface area contributed by atoms with Crippen LogP contribution in [0.25, 0.3) is 11.1 Å². The van der Waals surface area contributed by atoms with Gasteiger partial charge in [0.15, 0.2) is 5.58 Å². The van der Waals surface area contributed by atoms with E-state index < -0.39 is 0 Å². The number of hydrogen-bond acceptors (Lipinski definition) is 4. The lowest BCUT2D eigenvalue weighted by Crippen LogP contribution is -2.40. The molecular weight excluding hydrogens is 320 g/mol. The third-order valence-corrected chi connectivity index (χ3v) is 4.66. The lowest BCUT2D eigenvalue weighted by Gasteiger charge is -2.24. The molecule has 0 unspecified atom stereocenters. The molecule has 1 aliphatic heterocycles. The molecule has 130 valence electrons. The molecule has 7 heteroatoms. The first-order valence-corrected chi connectivity index (χ1v) is 8.58. The van der Waals surface area contributed by atoms with Crippen LogP contribution < -0.4 is 11.1 Å². The van der Waals surface area contributed by atoms with Crippen molar-refractivity contribution in [2.45, 2.75) is 44.8 Å². The van der Waals surface area contributed by atoms with Crippen molar-refractivity contribution in [2.24, 2.45) is 0 Å². The number of carbonyl (C=O) groups is 1. The maximum atomic E-state index is 12.2. The summed E-state index contributed by atoms with van der Waals surface area (Å²) < 4.78 is 8.88. The number of aromatic nitrogens is 3. The molecule has 2 aromatic heterocycles. The molecule has 1 N–H and O–H groups in total. The molecule has 1 atom stereocenters. The highest BCUT2D eigenvalue weighted by atomic mass is 16.4. The predicted octanol–water partition coefficient (Wildman–Crippen LogP) is 1.70. The minimum atomic E-state index is -0.374. The van der Waals surface area contributed by atoms with Crippen molar-refractivity contribution in [2.75, 3.05) is 0 Å². The molecule has 0 spiro atoms. The van der Waals surface area contributed by atoms with Gasteiger partial charge in [-0.2, -0.15) is 0 Å². The van der Waals surface area contributed by atoms with Crippen LogP contribution in [0.2, 0.25) is 0 Å². The number of para-hydroxylation sites is 2. The zero-order valence-electron chi connectivity index (χ0n) is 13.9. The number of carbonyl (C=O) groups excluding carboxylic acids is 1. The van der Waals surface area contributed by atoms with Crippen LogP contribution in [0.15, 0.2) is 45.9 Å². The van der Waals surface area contributed by atoms with Crippen LogP contribution in [0, 0.1) is 0 Å². The molecule has 0 fully saturated rings. The van der Waals surface area contributed by atoms with Crippen molar-refractivity contribution >= 4 is 17.0 Å². The Morgan fingerprint density at radius 1 is 1.36 bits per heavy atom. The Morgan fingerprint density at radius 2 is 2.24 bits per heavy atom. The molecule has 1 amide bonds. The van der Waals surface area contributed by atoms with E-state index in [-0.39, 0.29) is 17.7 Å². The number of oxazole rings is 1. The fourth-order valence-corrected chi connectivity index (χ4v) is 3.41. The molecule has 3 aromatic rings. The fourth-order valence-electron chi connectivity index (χ4n) is 3.41. The largest absolute Gasteiger partial charge is 0.419 e. The number of nitrogens with zero attached hydrogens (tertiary/aromatic N) is 3. The molecule has 0 saturated heterocycles. The summed E-state index contributed by atoms with van der Waals surface area (Å²) in [4.78, 5) is 28.4. The van der Waals surface area contributed by atoms with Crippen LogP contribution in [-0.2, 0) is 24.3 Å². The smallest absolute Gasteiger partial charge is 0.408 e. The van der Waals surface area contributed by atoms with Gasteiger partial charge in [0.25, 0.3) is 0 Å². The van der Waals surface area contributed by atoms with E-state index in [0.717, 1.165) is 30.7 Å². The van der Waals surface area contributed by atoms with Gasteiger partial charge in [0.2, 0.25) is 5.91 Å². The van der Waals surface area contributed by atoms with Crippen molar-refractivity contribution in [1.82, 2.24) is 19.4 Å². The van der Waals surface area contributed by atoms with Gasteiger partial charge in [-0.05, 0) is 25.0 Å². The number of benzene rings is 1. The third kappa shape index (κ3) is 3.22. The molecule has 0 aliphatic carbocycles. The maximum Gasteiger partial charge on any atom is 0.419 e. The van der Waals surface area contributed by atoms with E-state index in [4.69, 9.17) is 4.42 Å². The quantitative estimate of drug-likeness (QED) is 0.766. The van der Waals surface area contributed by atoms with Crippen molar-refractivity contribution in [1.29, 1.82) is 0 Å². The maximum absolute atomic E-state index is 12.2. The number of rotatable bonds is 5. The first-order valence-electron chi connectivity index (χ1n) is 8.58. The number of aryl methyl sites for hydroxylation is 2. The van der Waals surface area contributed by atoms with E-state index >= 15 is 0 Å². The molecular formula is C18H20N4O3. The first kappa shape index (κ1) is 15.7. The summed E-state index contributed by atoms with van der Waals surface area (Å²) in [5.41, 5.74) is 1.35. The zero-order valence-corrected chi connectivity index (χ0v) is 13.9. The highest BCUT2D eigenvalue weighted by molar-refractivity contribution is 5.76. The number of fused-ring (bicyclic) bond motifs is 2. The van der Waals surface area contributed by atoms with Crippen LogP contribution in [0.4, 0.5) is 0 Å². The summed E-state index contributed by atoms with van der Waals surface area (Å²) in [5, 5.41) is 3.08. The Labute approximate surface area is 144 Å². The molecule has 0 saturated carbocycles. The van der Waals surface area contributed by atoms with Gasteiger partial charge in [0.1, 0.15) is 5.82 Å². The molecule has 1 aliphatic rings. The van der Waals surface area contributed by atoms with Crippen LogP contribution in [0.3, 0.4) is 0 Å². The molecule has 0 bridgehead atoms. The van der Waals surface area contributed by atoms with Gasteiger partial charge in [-0.15, -0.1) is 0 Å². The Hall–Kier alpha value is -2.83. The summed E-state index contributed by atoms with van der Waals surface area (Å²) in [6, 6.07) is 7.47. The lowest BCUT2D eigenvalue weighted by atomic mass is 10.1. The number of hydrogen-bond donors (Lipinski definition) is 1. The minimum Gasteiger partial charge on any atom is -0.408 e. The fraction of sp³-hybridized carbons (Fsp3) is 0.389. The van der Waals surface area contributed by atoms with Crippen LogP contribution in [-0.4, -0.2) is 26.1 Å². The van der Waals surface area contributed by atoms with E-state index in [0.29, 0.717) is 25.0 Å². The van der Waals surface area contributed by atoms with Gasteiger partial charge in [-0.1, -0.05) is 12.1 Å². The molecule has 25 heavy (non-hydrogen) atoms. The summed E-state index contributed by atoms with van der Waals surface area (Å²) in [6.45, 7) is 1.24. The molecule has 3 heterocycles. The van der Waals surface area contributed by atoms with E-state index in [1.807, 2.05) is 24.4 Å². The van der Waals surface area contributed by atoms with E-state index in [1.54, 1.807) is 16.8 Å². The second-order valence-corrected chi connectivity index (χ2v) is 6.39. The van der Waals surface area contributed by atoms with Crippen LogP contribution in [0.1, 0.15) is 25.1 Å². The highest BCUT2D eigenvalue weighted by Crippen LogP contribution is 2.14. The van der Waals surface area contributed by atoms with Crippen molar-refractivity contribution in [3.8, 4) is 0 Å². The topological polar surface area (TPSA) is 82.1 Å². The first-order chi connectivity index (χ1) is 12.2. The van der Waals surface area contributed by atoms with Gasteiger partial charge >= 0.3 is 5.76 Å². The van der Waals surface area contributed by atoms with E-state index in [1.165, 1.54) is 0 Å². The minimum absolute atomic E-state index is 0.0226. The van der Waals surface area contributed by atoms with Crippen LogP contribution >= 0.6 is 0 Å². The summed E-state index contributed by atoms with van der Waals surface area (Å²) in [6.07, 6.45) is 6.52. The Bertz CT molecular complexity index is 953. The Kier molecular flexibility index (Phi) is 4.13. The summed E-state index contributed by atoms with van der Waals surface area (Å²) in [5.74, 6) is 0.729. The Balaban J connectivity index is 1.31. The summed E-state index contributed by atoms with van der Waals surface area (Å²) in [7, 11) is 0. The SMILES string of the molecule is O=C(CCCn1c(=O)oc2ccccc21)N[C@@H]1CCc2nccn2C1. The summed E-state index contributed by atoms with van der Waals surface area (Å²) >= 11 is 0. The van der Waals surface area contributed by atoms with Gasteiger partial charge in [-0.3, -0.25) is 9.36 Å². The molecule has 0 radical (unpaired) electrons. The lowest BCUT2D eigenvalue weighted by molar-refractivity contribution is -0.122. The number of nitrogens with one attached hydrogen (secondary N) is 1. The molecule has 1 aromatic carbocycles. The third-order valence-electron chi connectivity index (χ3n) is 4.66. The monoisotopic (exact) mass is 340 g/mol. The molecule has 4 rings (SSSR count). The molecule has 7 nitrogen and oxygen atoms in total. The standard InChI is InChI=1S/C18H20N4O3/c23-17(20-13-7-8-16-19-9-11-21(16)12-13)6-3-10-22-14-4-1-2-5-15(14)25-18(22)24/h1-2,4-5,9,11,13H,3,6-8,10,12H2,(H,20,23)/t13-/m1/s1. The average molecular weight is 340 g/mol. The second-order valence-electron chi connectivity index (χ2n) is 6.39. The van der Waals surface area contributed by atoms with Crippen molar-refractivity contribution < 1.29 is 9.21 Å². The predicted molar refractivity (Wildman–Crippen MR) is 92.2 cm³/mol. The van der Waals surface area contributed by atoms with E-state index in [2.05, 4.69) is 14.9 Å². The van der Waals surface area contributed by atoms with Crippen molar-refractivity contribution in [3.63, 3.8) is 0 Å². The average Bonchev–Trinajstić information content (AvgIpc) is 3.19. The number of imidazole rings is 1. The normalized spacial score (nSPS) is 16.7. The Morgan fingerprint density at radius 3 is 3.16 bits per heavy atom. The van der Waals surface area contributed by atoms with Gasteiger partial charge in [0.05, 0.1) is 5.52 Å². The zero-order chi connectivity index (χ0) is 17.2. The van der Waals surface area contributed by atoms with E-state index in [9.17, 15) is 9.59 Å².